The predicted octanol–water partition coefficient (Wildman–Crippen LogP) is 3.32. The molecule has 1 saturated heterocycles. The Labute approximate surface area is 206 Å². The Hall–Kier alpha value is -3.56. The summed E-state index contributed by atoms with van der Waals surface area (Å²) in [6, 6.07) is 11.0. The zero-order valence-corrected chi connectivity index (χ0v) is 19.5. The van der Waals surface area contributed by atoms with E-state index >= 15 is 0 Å². The summed E-state index contributed by atoms with van der Waals surface area (Å²) in [6.45, 7) is 1.75. The number of anilines is 2. The van der Waals surface area contributed by atoms with E-state index in [4.69, 9.17) is 33.6 Å². The number of nitrogen functional groups attached to an aromatic ring is 1. The first-order valence-electron chi connectivity index (χ1n) is 11.2. The minimum Gasteiger partial charge on any atom is -0.478 e. The fourth-order valence-electron chi connectivity index (χ4n) is 5.55. The number of carbonyl (C=O) groups is 1. The lowest BCUT2D eigenvalue weighted by Gasteiger charge is -2.27. The van der Waals surface area contributed by atoms with Crippen LogP contribution < -0.4 is 16.4 Å². The van der Waals surface area contributed by atoms with Crippen molar-refractivity contribution in [1.29, 1.82) is 5.41 Å². The molecule has 2 aromatic carbocycles. The number of halogens is 2. The molecular weight excluding hydrogens is 471 g/mol. The van der Waals surface area contributed by atoms with Crippen LogP contribution in [0.1, 0.15) is 33.6 Å². The van der Waals surface area contributed by atoms with Crippen molar-refractivity contribution in [3.63, 3.8) is 0 Å². The average Bonchev–Trinajstić information content (AvgIpc) is 3.51. The second-order valence-corrected chi connectivity index (χ2v) is 9.42. The normalized spacial score (nSPS) is 23.0. The number of carboxylic acids is 1. The van der Waals surface area contributed by atoms with Crippen LogP contribution in [0.25, 0.3) is 0 Å². The molecule has 1 aromatic heterocycles. The van der Waals surface area contributed by atoms with Gasteiger partial charge < -0.3 is 21.5 Å². The van der Waals surface area contributed by atoms with Crippen LogP contribution in [0.2, 0.25) is 5.02 Å². The number of nitrogens with one attached hydrogen (secondary N) is 1. The monoisotopic (exact) mass is 494 g/mol. The van der Waals surface area contributed by atoms with Gasteiger partial charge in [-0.25, -0.2) is 19.2 Å². The fourth-order valence-corrected chi connectivity index (χ4v) is 5.83. The second-order valence-electron chi connectivity index (χ2n) is 9.01. The SMILES string of the molecule is N=C(c1ccc(C(=O)O)cc1Cl)c1ncc(N2CC[C@@H]3[C@H](C2)[C@@]3(CN)c2ccccc2F)nc1N. The van der Waals surface area contributed by atoms with Crippen LogP contribution in [0, 0.1) is 23.1 Å². The highest BCUT2D eigenvalue weighted by atomic mass is 35.5. The van der Waals surface area contributed by atoms with E-state index in [-0.39, 0.29) is 45.0 Å². The van der Waals surface area contributed by atoms with Gasteiger partial charge in [-0.2, -0.15) is 0 Å². The highest BCUT2D eigenvalue weighted by Crippen LogP contribution is 2.63. The Kier molecular flexibility index (Phi) is 5.69. The summed E-state index contributed by atoms with van der Waals surface area (Å²) in [5, 5.41) is 17.7. The largest absolute Gasteiger partial charge is 0.478 e. The highest BCUT2D eigenvalue weighted by molar-refractivity contribution is 6.35. The van der Waals surface area contributed by atoms with Crippen molar-refractivity contribution < 1.29 is 14.3 Å². The number of hydrogen-bond donors (Lipinski definition) is 4. The number of nitrogens with zero attached hydrogens (tertiary/aromatic N) is 3. The molecule has 180 valence electrons. The van der Waals surface area contributed by atoms with Crippen LogP contribution in [0.3, 0.4) is 0 Å². The van der Waals surface area contributed by atoms with Gasteiger partial charge in [0.05, 0.1) is 22.5 Å². The van der Waals surface area contributed by atoms with E-state index in [1.54, 1.807) is 12.3 Å². The number of benzene rings is 2. The molecule has 8 nitrogen and oxygen atoms in total. The first-order chi connectivity index (χ1) is 16.8. The Morgan fingerprint density at radius 2 is 2.06 bits per heavy atom. The van der Waals surface area contributed by atoms with E-state index in [0.717, 1.165) is 6.42 Å². The second kappa shape index (κ2) is 8.58. The summed E-state index contributed by atoms with van der Waals surface area (Å²) >= 11 is 6.21. The van der Waals surface area contributed by atoms with Crippen LogP contribution in [0.5, 0.6) is 0 Å². The average molecular weight is 495 g/mol. The molecule has 0 unspecified atom stereocenters. The lowest BCUT2D eigenvalue weighted by Crippen LogP contribution is -2.33. The van der Waals surface area contributed by atoms with E-state index in [1.165, 1.54) is 24.3 Å². The molecule has 2 heterocycles. The Balaban J connectivity index is 1.37. The van der Waals surface area contributed by atoms with E-state index in [9.17, 15) is 9.18 Å². The number of hydrogen-bond acceptors (Lipinski definition) is 7. The number of fused-ring (bicyclic) bond motifs is 1. The third-order valence-electron chi connectivity index (χ3n) is 7.37. The molecule has 35 heavy (non-hydrogen) atoms. The molecule has 6 N–H and O–H groups in total. The maximum Gasteiger partial charge on any atom is 0.335 e. The van der Waals surface area contributed by atoms with Gasteiger partial charge in [0.25, 0.3) is 0 Å². The topological polar surface area (TPSA) is 142 Å². The maximum atomic E-state index is 14.6. The number of carboxylic acid groups (broad SMARTS) is 1. The quantitative estimate of drug-likeness (QED) is 0.385. The summed E-state index contributed by atoms with van der Waals surface area (Å²) in [5.74, 6) is -0.165. The predicted molar refractivity (Wildman–Crippen MR) is 132 cm³/mol. The first kappa shape index (κ1) is 23.2. The summed E-state index contributed by atoms with van der Waals surface area (Å²) in [7, 11) is 0. The van der Waals surface area contributed by atoms with Crippen molar-refractivity contribution in [3.05, 3.63) is 81.9 Å². The Morgan fingerprint density at radius 1 is 1.29 bits per heavy atom. The van der Waals surface area contributed by atoms with Gasteiger partial charge in [0.2, 0.25) is 0 Å². The van der Waals surface area contributed by atoms with E-state index in [0.29, 0.717) is 42.5 Å². The first-order valence-corrected chi connectivity index (χ1v) is 11.6. The van der Waals surface area contributed by atoms with E-state index in [2.05, 4.69) is 14.9 Å². The van der Waals surface area contributed by atoms with Gasteiger partial charge in [-0.05, 0) is 42.0 Å². The molecule has 0 spiro atoms. The summed E-state index contributed by atoms with van der Waals surface area (Å²) < 4.78 is 14.6. The zero-order valence-electron chi connectivity index (χ0n) is 18.7. The van der Waals surface area contributed by atoms with Gasteiger partial charge in [0.1, 0.15) is 17.3 Å². The molecule has 3 atom stereocenters. The molecule has 1 aliphatic carbocycles. The van der Waals surface area contributed by atoms with Crippen molar-refractivity contribution in [1.82, 2.24) is 9.97 Å². The van der Waals surface area contributed by atoms with Crippen molar-refractivity contribution in [2.75, 3.05) is 30.3 Å². The third kappa shape index (κ3) is 3.71. The number of aromatic carboxylic acids is 1. The fraction of sp³-hybridized carbons (Fsp3) is 0.280. The molecule has 3 aromatic rings. The van der Waals surface area contributed by atoms with Crippen molar-refractivity contribution >= 4 is 34.9 Å². The number of rotatable bonds is 6. The number of piperidine rings is 1. The summed E-state index contributed by atoms with van der Waals surface area (Å²) in [6.07, 6.45) is 2.41. The lowest BCUT2D eigenvalue weighted by atomic mass is 9.91. The maximum absolute atomic E-state index is 14.6. The number of aromatic nitrogens is 2. The van der Waals surface area contributed by atoms with Crippen LogP contribution in [-0.2, 0) is 5.41 Å². The van der Waals surface area contributed by atoms with Gasteiger partial charge in [-0.1, -0.05) is 35.9 Å². The summed E-state index contributed by atoms with van der Waals surface area (Å²) in [5.41, 5.74) is 13.1. The molecule has 1 saturated carbocycles. The Morgan fingerprint density at radius 3 is 2.71 bits per heavy atom. The van der Waals surface area contributed by atoms with Gasteiger partial charge >= 0.3 is 5.97 Å². The van der Waals surface area contributed by atoms with Gasteiger partial charge in [-0.3, -0.25) is 5.41 Å². The van der Waals surface area contributed by atoms with Crippen LogP contribution >= 0.6 is 11.6 Å². The van der Waals surface area contributed by atoms with Crippen LogP contribution in [0.4, 0.5) is 16.0 Å². The van der Waals surface area contributed by atoms with Crippen molar-refractivity contribution in [2.24, 2.45) is 17.6 Å². The minimum atomic E-state index is -1.11. The van der Waals surface area contributed by atoms with Crippen LogP contribution in [0.15, 0.2) is 48.7 Å². The van der Waals surface area contributed by atoms with Crippen molar-refractivity contribution in [3.8, 4) is 0 Å². The molecule has 2 fully saturated rings. The third-order valence-corrected chi connectivity index (χ3v) is 7.69. The number of nitrogens with two attached hydrogens (primary N) is 2. The zero-order chi connectivity index (χ0) is 24.9. The van der Waals surface area contributed by atoms with E-state index in [1.807, 2.05) is 12.1 Å². The molecule has 1 aliphatic heterocycles. The van der Waals surface area contributed by atoms with Crippen LogP contribution in [-0.4, -0.2) is 46.4 Å². The molecular formula is C25H24ClFN6O2. The molecule has 5 rings (SSSR count). The van der Waals surface area contributed by atoms with Gasteiger partial charge in [0.15, 0.2) is 5.82 Å². The molecule has 10 heteroatoms. The smallest absolute Gasteiger partial charge is 0.335 e. The molecule has 2 aliphatic rings. The summed E-state index contributed by atoms with van der Waals surface area (Å²) in [4.78, 5) is 22.1. The van der Waals surface area contributed by atoms with Gasteiger partial charge in [-0.15, -0.1) is 0 Å². The highest BCUT2D eigenvalue weighted by Gasteiger charge is 2.66. The molecule has 0 bridgehead atoms. The Bertz CT molecular complexity index is 1350. The van der Waals surface area contributed by atoms with Crippen molar-refractivity contribution in [2.45, 2.75) is 11.8 Å². The molecule has 0 amide bonds. The lowest BCUT2D eigenvalue weighted by molar-refractivity contribution is 0.0697. The van der Waals surface area contributed by atoms with Gasteiger partial charge in [0, 0.05) is 30.6 Å². The standard InChI is InChI=1S/C25H24ClFN6O2/c26-18-9-13(24(34)35)5-6-14(18)21(29)22-23(30)32-20(10-31-22)33-8-7-15-17(11-33)25(15,12-28)16-3-1-2-4-19(16)27/h1-6,9-10,15,17,29H,7-8,11-12,28H2,(H2,30,32)(H,34,35)/t15-,17+,25-/m1/s1. The van der Waals surface area contributed by atoms with E-state index < -0.39 is 5.97 Å². The molecule has 0 radical (unpaired) electrons. The minimum absolute atomic E-state index is 0.0216.